The number of pyridine rings is 1. The molecule has 0 unspecified atom stereocenters. The van der Waals surface area contributed by atoms with Gasteiger partial charge in [0.1, 0.15) is 11.3 Å². The van der Waals surface area contributed by atoms with Gasteiger partial charge in [-0.2, -0.15) is 0 Å². The van der Waals surface area contributed by atoms with Crippen molar-refractivity contribution < 1.29 is 10.2 Å². The molecule has 1 aliphatic rings. The fraction of sp³-hybridized carbons (Fsp3) is 0.118. The second-order valence-electron chi connectivity index (χ2n) is 5.36. The number of aliphatic hydroxyl groups is 1. The molecule has 1 aliphatic heterocycles. The summed E-state index contributed by atoms with van der Waals surface area (Å²) in [7, 11) is 0. The van der Waals surface area contributed by atoms with E-state index in [0.717, 1.165) is 27.9 Å². The van der Waals surface area contributed by atoms with Crippen molar-refractivity contribution in [3.8, 4) is 16.9 Å². The highest BCUT2D eigenvalue weighted by atomic mass is 16.3. The number of aromatic hydroxyl groups is 1. The molecule has 0 fully saturated rings. The monoisotopic (exact) mass is 293 g/mol. The van der Waals surface area contributed by atoms with Gasteiger partial charge >= 0.3 is 0 Å². The third-order valence-electron chi connectivity index (χ3n) is 4.08. The zero-order valence-corrected chi connectivity index (χ0v) is 11.7. The third kappa shape index (κ3) is 1.70. The Morgan fingerprint density at radius 3 is 2.82 bits per heavy atom. The summed E-state index contributed by atoms with van der Waals surface area (Å²) >= 11 is 0. The maximum atomic E-state index is 10.3. The molecule has 110 valence electrons. The van der Waals surface area contributed by atoms with Gasteiger partial charge in [0.2, 0.25) is 0 Å². The first-order valence-corrected chi connectivity index (χ1v) is 7.10. The van der Waals surface area contributed by atoms with E-state index in [1.165, 1.54) is 6.07 Å². The van der Waals surface area contributed by atoms with E-state index >= 15 is 0 Å². The van der Waals surface area contributed by atoms with Crippen LogP contribution in [-0.2, 0) is 0 Å². The van der Waals surface area contributed by atoms with Crippen LogP contribution in [0.2, 0.25) is 0 Å². The van der Waals surface area contributed by atoms with E-state index in [4.69, 9.17) is 5.73 Å². The molecule has 2 heterocycles. The number of nitrogens with one attached hydrogen (secondary N) is 1. The Kier molecular flexibility index (Phi) is 2.79. The second kappa shape index (κ2) is 4.69. The highest BCUT2D eigenvalue weighted by molar-refractivity contribution is 6.12. The number of hydrogen-bond acceptors (Lipinski definition) is 5. The van der Waals surface area contributed by atoms with Crippen LogP contribution >= 0.6 is 0 Å². The van der Waals surface area contributed by atoms with Gasteiger partial charge in [-0.15, -0.1) is 0 Å². The summed E-state index contributed by atoms with van der Waals surface area (Å²) in [6.07, 6.45) is 0.832. The number of hydrogen-bond donors (Lipinski definition) is 4. The number of aromatic nitrogens is 1. The molecular weight excluding hydrogens is 278 g/mol. The van der Waals surface area contributed by atoms with Gasteiger partial charge in [0.15, 0.2) is 0 Å². The van der Waals surface area contributed by atoms with Gasteiger partial charge in [0.05, 0.1) is 11.8 Å². The summed E-state index contributed by atoms with van der Waals surface area (Å²) < 4.78 is 0. The number of aliphatic hydroxyl groups excluding tert-OH is 1. The van der Waals surface area contributed by atoms with E-state index < -0.39 is 6.10 Å². The second-order valence-corrected chi connectivity index (χ2v) is 5.36. The lowest BCUT2D eigenvalue weighted by atomic mass is 9.91. The Balaban J connectivity index is 2.15. The maximum Gasteiger partial charge on any atom is 0.142 e. The fourth-order valence-corrected chi connectivity index (χ4v) is 3.05. The van der Waals surface area contributed by atoms with Crippen LogP contribution in [0.5, 0.6) is 5.75 Å². The summed E-state index contributed by atoms with van der Waals surface area (Å²) in [5.41, 5.74) is 10.4. The molecule has 0 spiro atoms. The molecule has 0 aliphatic carbocycles. The minimum Gasteiger partial charge on any atom is -0.506 e. The average molecular weight is 293 g/mol. The first-order valence-electron chi connectivity index (χ1n) is 7.10. The number of benzene rings is 2. The Hall–Kier alpha value is -2.63. The van der Waals surface area contributed by atoms with Crippen LogP contribution in [0.15, 0.2) is 42.6 Å². The van der Waals surface area contributed by atoms with Crippen LogP contribution in [-0.4, -0.2) is 21.7 Å². The van der Waals surface area contributed by atoms with E-state index in [0.29, 0.717) is 11.1 Å². The number of para-hydroxylation sites is 1. The quantitative estimate of drug-likeness (QED) is 0.426. The van der Waals surface area contributed by atoms with Gasteiger partial charge < -0.3 is 21.3 Å². The summed E-state index contributed by atoms with van der Waals surface area (Å²) in [4.78, 5) is 4.28. The van der Waals surface area contributed by atoms with Crippen LogP contribution in [0, 0.1) is 0 Å². The Morgan fingerprint density at radius 1 is 1.18 bits per heavy atom. The van der Waals surface area contributed by atoms with Crippen molar-refractivity contribution in [1.82, 2.24) is 4.98 Å². The van der Waals surface area contributed by atoms with Crippen LogP contribution < -0.4 is 11.1 Å². The topological polar surface area (TPSA) is 91.4 Å². The van der Waals surface area contributed by atoms with Gasteiger partial charge in [-0.1, -0.05) is 18.2 Å². The predicted molar refractivity (Wildman–Crippen MR) is 86.1 cm³/mol. The van der Waals surface area contributed by atoms with E-state index in [1.54, 1.807) is 6.20 Å². The molecule has 0 saturated carbocycles. The first-order chi connectivity index (χ1) is 10.7. The molecule has 0 amide bonds. The number of anilines is 2. The molecule has 1 atom stereocenters. The van der Waals surface area contributed by atoms with E-state index in [-0.39, 0.29) is 12.3 Å². The molecule has 1 aromatic heterocycles. The largest absolute Gasteiger partial charge is 0.506 e. The van der Waals surface area contributed by atoms with Crippen LogP contribution in [0.3, 0.4) is 0 Å². The molecule has 22 heavy (non-hydrogen) atoms. The first kappa shape index (κ1) is 13.1. The summed E-state index contributed by atoms with van der Waals surface area (Å²) in [5, 5.41) is 24.6. The Morgan fingerprint density at radius 2 is 2.00 bits per heavy atom. The number of nitrogens with two attached hydrogens (primary N) is 1. The van der Waals surface area contributed by atoms with Crippen molar-refractivity contribution in [2.75, 3.05) is 11.9 Å². The molecule has 0 saturated heterocycles. The molecule has 5 nitrogen and oxygen atoms in total. The Labute approximate surface area is 127 Å². The van der Waals surface area contributed by atoms with Crippen molar-refractivity contribution in [2.45, 2.75) is 6.10 Å². The normalized spacial score (nSPS) is 13.5. The number of fused-ring (bicyclic) bond motifs is 2. The maximum absolute atomic E-state index is 10.3. The number of rotatable bonds is 2. The third-order valence-corrected chi connectivity index (χ3v) is 4.08. The molecule has 4 rings (SSSR count). The van der Waals surface area contributed by atoms with Crippen molar-refractivity contribution in [3.05, 3.63) is 48.2 Å². The minimum absolute atomic E-state index is 0.0456. The lowest BCUT2D eigenvalue weighted by Gasteiger charge is -2.26. The zero-order valence-electron chi connectivity index (χ0n) is 11.7. The molecule has 5 heteroatoms. The van der Waals surface area contributed by atoms with Crippen LogP contribution in [0.1, 0.15) is 11.7 Å². The summed E-state index contributed by atoms with van der Waals surface area (Å²) in [5.74, 6) is 0.0456. The van der Waals surface area contributed by atoms with Gasteiger partial charge in [0.25, 0.3) is 0 Å². The van der Waals surface area contributed by atoms with Crippen molar-refractivity contribution in [3.63, 3.8) is 0 Å². The highest BCUT2D eigenvalue weighted by Crippen LogP contribution is 2.47. The van der Waals surface area contributed by atoms with Crippen molar-refractivity contribution in [1.29, 1.82) is 0 Å². The smallest absolute Gasteiger partial charge is 0.142 e. The highest BCUT2D eigenvalue weighted by Gasteiger charge is 2.25. The van der Waals surface area contributed by atoms with Gasteiger partial charge in [0, 0.05) is 34.9 Å². The SMILES string of the molecule is NC[C@H](O)c1cc(O)c2nccc3c2c1Nc1ccccc1-3. The van der Waals surface area contributed by atoms with Crippen molar-refractivity contribution in [2.24, 2.45) is 5.73 Å². The summed E-state index contributed by atoms with van der Waals surface area (Å²) in [6.45, 7) is 0.0802. The Bertz CT molecular complexity index is 892. The average Bonchev–Trinajstić information content (AvgIpc) is 2.57. The number of phenolic OH excluding ortho intramolecular Hbond substituents is 1. The minimum atomic E-state index is -0.851. The van der Waals surface area contributed by atoms with E-state index in [1.807, 2.05) is 30.3 Å². The predicted octanol–water partition coefficient (Wildman–Crippen LogP) is 2.66. The van der Waals surface area contributed by atoms with E-state index in [2.05, 4.69) is 10.3 Å². The van der Waals surface area contributed by atoms with Gasteiger partial charge in [-0.3, -0.25) is 4.98 Å². The zero-order chi connectivity index (χ0) is 15.3. The molecule has 2 aromatic carbocycles. The van der Waals surface area contributed by atoms with E-state index in [9.17, 15) is 10.2 Å². The molecule has 3 aromatic rings. The van der Waals surface area contributed by atoms with Crippen LogP contribution in [0.25, 0.3) is 22.0 Å². The van der Waals surface area contributed by atoms with Gasteiger partial charge in [-0.25, -0.2) is 0 Å². The number of nitrogens with zero attached hydrogens (tertiary/aromatic N) is 1. The lowest BCUT2D eigenvalue weighted by Crippen LogP contribution is -2.14. The number of phenols is 1. The molecule has 0 bridgehead atoms. The lowest BCUT2D eigenvalue weighted by molar-refractivity contribution is 0.187. The van der Waals surface area contributed by atoms with Crippen LogP contribution in [0.4, 0.5) is 11.4 Å². The summed E-state index contributed by atoms with van der Waals surface area (Å²) in [6, 6.07) is 11.4. The van der Waals surface area contributed by atoms with Gasteiger partial charge in [-0.05, 0) is 23.8 Å². The van der Waals surface area contributed by atoms with Crippen molar-refractivity contribution >= 4 is 22.3 Å². The standard InChI is InChI=1S/C17H15N3O2/c18-8-14(22)11-7-13(21)17-15-10(5-6-19-17)9-3-1-2-4-12(9)20-16(11)15/h1-7,14,20-22H,8,18H2/t14-/m0/s1. The molecule has 5 N–H and O–H groups in total. The fourth-order valence-electron chi connectivity index (χ4n) is 3.05. The molecule has 0 radical (unpaired) electrons. The molecular formula is C17H15N3O2.